The van der Waals surface area contributed by atoms with Crippen molar-refractivity contribution in [2.45, 2.75) is 12.5 Å². The molecule has 0 bridgehead atoms. The van der Waals surface area contributed by atoms with E-state index in [0.717, 1.165) is 28.2 Å². The quantitative estimate of drug-likeness (QED) is 0.867. The standard InChI is InChI=1S/C21H17N5O/c27-19-11-14-12-23-21(26-20(14)16-5-1-2-6-18(16)25-19)24-15-7-8-17-13(10-15)4-3-9-22-17/h1-10,12-13,17H,11H2,(H,25,27)(H,23,24,26). The number of dihydropyridines is 1. The van der Waals surface area contributed by atoms with Crippen LogP contribution in [0.5, 0.6) is 0 Å². The molecular formula is C21H17N5O. The number of hydrogen-bond acceptors (Lipinski definition) is 5. The molecule has 0 fully saturated rings. The van der Waals surface area contributed by atoms with Crippen LogP contribution in [0.2, 0.25) is 0 Å². The molecule has 132 valence electrons. The minimum Gasteiger partial charge on any atom is -0.325 e. The van der Waals surface area contributed by atoms with E-state index < -0.39 is 0 Å². The number of carbonyl (C=O) groups is 1. The van der Waals surface area contributed by atoms with Crippen molar-refractivity contribution < 1.29 is 4.79 Å². The number of aliphatic imine (C=N–C) groups is 1. The van der Waals surface area contributed by atoms with Crippen molar-refractivity contribution in [2.75, 3.05) is 10.6 Å². The lowest BCUT2D eigenvalue weighted by molar-refractivity contribution is -0.115. The van der Waals surface area contributed by atoms with Crippen LogP contribution >= 0.6 is 0 Å². The number of amides is 1. The second-order valence-corrected chi connectivity index (χ2v) is 6.70. The Balaban J connectivity index is 1.49. The monoisotopic (exact) mass is 355 g/mol. The summed E-state index contributed by atoms with van der Waals surface area (Å²) < 4.78 is 0. The first-order valence-corrected chi connectivity index (χ1v) is 8.88. The zero-order valence-corrected chi connectivity index (χ0v) is 14.5. The van der Waals surface area contributed by atoms with E-state index in [1.807, 2.05) is 42.6 Å². The van der Waals surface area contributed by atoms with Gasteiger partial charge in [-0.25, -0.2) is 9.97 Å². The number of allylic oxidation sites excluding steroid dienone is 2. The second-order valence-electron chi connectivity index (χ2n) is 6.70. The highest BCUT2D eigenvalue weighted by atomic mass is 16.1. The van der Waals surface area contributed by atoms with Crippen LogP contribution in [0.3, 0.4) is 0 Å². The average Bonchev–Trinajstić information content (AvgIpc) is 2.83. The highest BCUT2D eigenvalue weighted by Gasteiger charge is 2.22. The lowest BCUT2D eigenvalue weighted by Crippen LogP contribution is -2.20. The summed E-state index contributed by atoms with van der Waals surface area (Å²) in [6.07, 6.45) is 14.1. The van der Waals surface area contributed by atoms with Gasteiger partial charge in [0.2, 0.25) is 11.9 Å². The smallest absolute Gasteiger partial charge is 0.228 e. The fourth-order valence-corrected chi connectivity index (χ4v) is 3.55. The van der Waals surface area contributed by atoms with Gasteiger partial charge in [-0.2, -0.15) is 0 Å². The molecular weight excluding hydrogens is 338 g/mol. The predicted octanol–water partition coefficient (Wildman–Crippen LogP) is 3.13. The van der Waals surface area contributed by atoms with E-state index in [9.17, 15) is 4.79 Å². The van der Waals surface area contributed by atoms with Gasteiger partial charge in [-0.15, -0.1) is 0 Å². The van der Waals surface area contributed by atoms with E-state index in [1.165, 1.54) is 0 Å². The van der Waals surface area contributed by atoms with Crippen LogP contribution in [0, 0.1) is 5.92 Å². The Labute approximate surface area is 156 Å². The molecule has 2 aromatic rings. The Morgan fingerprint density at radius 2 is 2.11 bits per heavy atom. The Morgan fingerprint density at radius 1 is 1.19 bits per heavy atom. The summed E-state index contributed by atoms with van der Waals surface area (Å²) in [5.74, 6) is 0.695. The van der Waals surface area contributed by atoms with E-state index in [2.05, 4.69) is 38.8 Å². The maximum atomic E-state index is 12.1. The maximum absolute atomic E-state index is 12.1. The SMILES string of the molecule is O=C1Cc2cnc(NC3=CC4C=CC=NC4C=C3)nc2-c2ccccc2N1. The summed E-state index contributed by atoms with van der Waals surface area (Å²) in [6.45, 7) is 0. The van der Waals surface area contributed by atoms with Crippen LogP contribution in [-0.2, 0) is 11.2 Å². The number of para-hydroxylation sites is 1. The molecule has 0 radical (unpaired) electrons. The number of hydrogen-bond donors (Lipinski definition) is 2. The minimum absolute atomic E-state index is 0.0564. The molecule has 1 aromatic heterocycles. The van der Waals surface area contributed by atoms with Crippen molar-refractivity contribution in [3.8, 4) is 11.3 Å². The summed E-state index contributed by atoms with van der Waals surface area (Å²) in [5.41, 5.74) is 4.22. The highest BCUT2D eigenvalue weighted by Crippen LogP contribution is 2.33. The maximum Gasteiger partial charge on any atom is 0.228 e. The molecule has 6 heteroatoms. The number of benzene rings is 1. The Kier molecular flexibility index (Phi) is 3.67. The molecule has 27 heavy (non-hydrogen) atoms. The largest absolute Gasteiger partial charge is 0.325 e. The zero-order valence-electron chi connectivity index (χ0n) is 14.5. The van der Waals surface area contributed by atoms with Gasteiger partial charge >= 0.3 is 0 Å². The lowest BCUT2D eigenvalue weighted by atomic mass is 9.92. The third-order valence-corrected chi connectivity index (χ3v) is 4.84. The van der Waals surface area contributed by atoms with Gasteiger partial charge in [-0.05, 0) is 18.2 Å². The minimum atomic E-state index is -0.0564. The van der Waals surface area contributed by atoms with Gasteiger partial charge in [0.05, 0.1) is 23.8 Å². The summed E-state index contributed by atoms with van der Waals surface area (Å²) in [6, 6.07) is 7.86. The van der Waals surface area contributed by atoms with Crippen LogP contribution in [0.4, 0.5) is 11.6 Å². The van der Waals surface area contributed by atoms with Crippen LogP contribution in [0.1, 0.15) is 5.56 Å². The fourth-order valence-electron chi connectivity index (χ4n) is 3.55. The number of anilines is 2. The van der Waals surface area contributed by atoms with Crippen molar-refractivity contribution in [1.29, 1.82) is 0 Å². The molecule has 3 heterocycles. The lowest BCUT2D eigenvalue weighted by Gasteiger charge is -2.22. The Morgan fingerprint density at radius 3 is 3.07 bits per heavy atom. The summed E-state index contributed by atoms with van der Waals surface area (Å²) in [5, 5.41) is 6.22. The van der Waals surface area contributed by atoms with Gasteiger partial charge in [0.15, 0.2) is 0 Å². The third-order valence-electron chi connectivity index (χ3n) is 4.84. The van der Waals surface area contributed by atoms with Crippen LogP contribution in [0.15, 0.2) is 71.5 Å². The third kappa shape index (κ3) is 2.95. The second kappa shape index (κ2) is 6.32. The van der Waals surface area contributed by atoms with Crippen molar-refractivity contribution >= 4 is 23.8 Å². The Bertz CT molecular complexity index is 1050. The van der Waals surface area contributed by atoms with E-state index >= 15 is 0 Å². The molecule has 1 aliphatic carbocycles. The van der Waals surface area contributed by atoms with Crippen LogP contribution in [0.25, 0.3) is 11.3 Å². The number of nitrogens with one attached hydrogen (secondary N) is 2. The molecule has 5 rings (SSSR count). The van der Waals surface area contributed by atoms with Crippen LogP contribution in [-0.4, -0.2) is 28.1 Å². The van der Waals surface area contributed by atoms with Crippen molar-refractivity contribution in [1.82, 2.24) is 9.97 Å². The fraction of sp³-hybridized carbons (Fsp3) is 0.143. The molecule has 2 atom stereocenters. The average molecular weight is 355 g/mol. The summed E-state index contributed by atoms with van der Waals surface area (Å²) in [7, 11) is 0. The topological polar surface area (TPSA) is 79.3 Å². The van der Waals surface area contributed by atoms with E-state index in [0.29, 0.717) is 5.95 Å². The molecule has 2 aliphatic heterocycles. The molecule has 1 aromatic carbocycles. The molecule has 2 unspecified atom stereocenters. The van der Waals surface area contributed by atoms with Gasteiger partial charge in [-0.3, -0.25) is 9.79 Å². The van der Waals surface area contributed by atoms with Gasteiger partial charge in [0.25, 0.3) is 0 Å². The van der Waals surface area contributed by atoms with Crippen LogP contribution < -0.4 is 10.6 Å². The number of carbonyl (C=O) groups excluding carboxylic acids is 1. The number of nitrogens with zero attached hydrogens (tertiary/aromatic N) is 3. The predicted molar refractivity (Wildman–Crippen MR) is 106 cm³/mol. The van der Waals surface area contributed by atoms with Crippen molar-refractivity contribution in [3.63, 3.8) is 0 Å². The first-order valence-electron chi connectivity index (χ1n) is 8.88. The number of fused-ring (bicyclic) bond motifs is 4. The van der Waals surface area contributed by atoms with E-state index in [-0.39, 0.29) is 24.3 Å². The molecule has 0 saturated carbocycles. The van der Waals surface area contributed by atoms with Crippen molar-refractivity contribution in [3.05, 3.63) is 72.1 Å². The van der Waals surface area contributed by atoms with Gasteiger partial charge in [0, 0.05) is 35.2 Å². The molecule has 3 aliphatic rings. The summed E-state index contributed by atoms with van der Waals surface area (Å²) >= 11 is 0. The first-order chi connectivity index (χ1) is 13.3. The normalized spacial score (nSPS) is 22.1. The molecule has 0 spiro atoms. The van der Waals surface area contributed by atoms with Gasteiger partial charge in [-0.1, -0.05) is 36.4 Å². The number of aromatic nitrogens is 2. The molecule has 6 nitrogen and oxygen atoms in total. The van der Waals surface area contributed by atoms with E-state index in [4.69, 9.17) is 4.98 Å². The number of rotatable bonds is 2. The zero-order chi connectivity index (χ0) is 18.2. The van der Waals surface area contributed by atoms with Crippen molar-refractivity contribution in [2.24, 2.45) is 10.9 Å². The van der Waals surface area contributed by atoms with Gasteiger partial charge < -0.3 is 10.6 Å². The molecule has 2 N–H and O–H groups in total. The Hall–Kier alpha value is -3.54. The van der Waals surface area contributed by atoms with Gasteiger partial charge in [0.1, 0.15) is 0 Å². The molecule has 0 saturated heterocycles. The van der Waals surface area contributed by atoms with E-state index in [1.54, 1.807) is 6.20 Å². The molecule has 1 amide bonds. The highest BCUT2D eigenvalue weighted by molar-refractivity contribution is 5.99. The summed E-state index contributed by atoms with van der Waals surface area (Å²) in [4.78, 5) is 25.7. The first kappa shape index (κ1) is 15.7.